The number of hydrogen-bond acceptors (Lipinski definition) is 11. The van der Waals surface area contributed by atoms with Crippen LogP contribution in [-0.2, 0) is 18.9 Å². The van der Waals surface area contributed by atoms with Gasteiger partial charge in [0.1, 0.15) is 24.4 Å². The third-order valence-corrected chi connectivity index (χ3v) is 5.64. The average molecular weight is 377 g/mol. The normalized spacial score (nSPS) is 56.5. The van der Waals surface area contributed by atoms with Gasteiger partial charge in [0.25, 0.3) is 0 Å². The summed E-state index contributed by atoms with van der Waals surface area (Å²) in [6.45, 7) is -0.199. The molecule has 0 radical (unpaired) electrons. The van der Waals surface area contributed by atoms with Crippen molar-refractivity contribution in [1.29, 1.82) is 0 Å². The van der Waals surface area contributed by atoms with Gasteiger partial charge in [-0.25, -0.2) is 0 Å². The molecule has 4 saturated heterocycles. The summed E-state index contributed by atoms with van der Waals surface area (Å²) in [5, 5.41) is 46.2. The molecule has 4 heterocycles. The van der Waals surface area contributed by atoms with Crippen molar-refractivity contribution in [3.8, 4) is 0 Å². The van der Waals surface area contributed by atoms with Crippen molar-refractivity contribution < 1.29 is 39.4 Å². The fourth-order valence-electron chi connectivity index (χ4n) is 4.07. The number of nitrogens with one attached hydrogen (secondary N) is 2. The summed E-state index contributed by atoms with van der Waals surface area (Å²) in [7, 11) is 1.63. The molecule has 12 atom stereocenters. The van der Waals surface area contributed by atoms with E-state index in [4.69, 9.17) is 24.7 Å². The van der Waals surface area contributed by atoms with Crippen LogP contribution in [0.1, 0.15) is 6.42 Å². The molecule has 0 aliphatic carbocycles. The first kappa shape index (κ1) is 18.9. The maximum absolute atomic E-state index is 10.6. The van der Waals surface area contributed by atoms with Crippen LogP contribution < -0.4 is 16.4 Å². The molecular weight excluding hydrogens is 350 g/mol. The molecule has 0 aromatic carbocycles. The zero-order valence-corrected chi connectivity index (χ0v) is 14.3. The molecule has 4 fully saturated rings. The largest absolute Gasteiger partial charge is 0.394 e. The van der Waals surface area contributed by atoms with Gasteiger partial charge in [-0.3, -0.25) is 0 Å². The zero-order chi connectivity index (χ0) is 18.6. The Labute approximate surface area is 150 Å². The van der Waals surface area contributed by atoms with E-state index in [1.54, 1.807) is 7.05 Å². The number of ether oxygens (including phenoxy) is 4. The van der Waals surface area contributed by atoms with Crippen molar-refractivity contribution in [3.63, 3.8) is 0 Å². The predicted octanol–water partition coefficient (Wildman–Crippen LogP) is -4.47. The van der Waals surface area contributed by atoms with Crippen molar-refractivity contribution in [1.82, 2.24) is 10.6 Å². The lowest BCUT2D eigenvalue weighted by molar-refractivity contribution is -0.357. The highest BCUT2D eigenvalue weighted by Crippen LogP contribution is 2.35. The van der Waals surface area contributed by atoms with Gasteiger partial charge in [0.05, 0.1) is 36.9 Å². The molecule has 11 nitrogen and oxygen atoms in total. The van der Waals surface area contributed by atoms with E-state index in [-0.39, 0.29) is 18.7 Å². The topological polar surface area (TPSA) is 178 Å². The van der Waals surface area contributed by atoms with Crippen molar-refractivity contribution in [2.75, 3.05) is 13.7 Å². The molecule has 4 rings (SSSR count). The molecule has 0 amide bonds. The number of hydrogen-bond donors (Lipinski definition) is 7. The van der Waals surface area contributed by atoms with Crippen molar-refractivity contribution in [2.24, 2.45) is 5.73 Å². The van der Waals surface area contributed by atoms with Gasteiger partial charge >= 0.3 is 0 Å². The number of nitrogens with two attached hydrogens (primary N) is 1. The number of aliphatic hydroxyl groups is 4. The van der Waals surface area contributed by atoms with E-state index >= 15 is 0 Å². The summed E-state index contributed by atoms with van der Waals surface area (Å²) in [4.78, 5) is 0. The second-order valence-electron chi connectivity index (χ2n) is 7.31. The van der Waals surface area contributed by atoms with E-state index in [0.29, 0.717) is 6.42 Å². The number of aliphatic hydroxyl groups excluding tert-OH is 4. The predicted molar refractivity (Wildman–Crippen MR) is 84.5 cm³/mol. The molecule has 4 aliphatic rings. The Morgan fingerprint density at radius 1 is 1.12 bits per heavy atom. The minimum Gasteiger partial charge on any atom is -0.394 e. The van der Waals surface area contributed by atoms with Gasteiger partial charge in [-0.15, -0.1) is 0 Å². The fraction of sp³-hybridized carbons (Fsp3) is 1.00. The molecular formula is C15H27N3O8. The Bertz CT molecular complexity index is 513. The molecule has 0 spiro atoms. The molecule has 150 valence electrons. The third kappa shape index (κ3) is 3.16. The Hall–Kier alpha value is -0.440. The molecule has 0 bridgehead atoms. The number of fused-ring (bicyclic) bond motifs is 2. The van der Waals surface area contributed by atoms with Gasteiger partial charge in [-0.05, 0) is 13.5 Å². The maximum Gasteiger partial charge on any atom is 0.188 e. The molecule has 8 unspecified atom stereocenters. The standard InChI is InChI=1S/C15H27N3O8/c1-17-9-10(20)12-5(2-4(16)13(22)25-12)23-14(9)26-15-11(21)8-7(18-8)6(3-19)24-15/h4-15,17-22H,2-3,16H2,1H3/t4?,5-,6?,7+,8?,9?,10?,11?,12?,13-,14?,15+/m0/s1. The van der Waals surface area contributed by atoms with Gasteiger partial charge in [0.2, 0.25) is 0 Å². The van der Waals surface area contributed by atoms with E-state index < -0.39 is 61.5 Å². The van der Waals surface area contributed by atoms with E-state index in [9.17, 15) is 20.4 Å². The number of rotatable bonds is 4. The highest BCUT2D eigenvalue weighted by Gasteiger charge is 2.57. The fourth-order valence-corrected chi connectivity index (χ4v) is 4.07. The first-order valence-electron chi connectivity index (χ1n) is 8.90. The highest BCUT2D eigenvalue weighted by molar-refractivity contribution is 5.11. The van der Waals surface area contributed by atoms with Crippen molar-refractivity contribution in [2.45, 2.75) is 80.0 Å². The quantitative estimate of drug-likeness (QED) is 0.235. The van der Waals surface area contributed by atoms with E-state index in [0.717, 1.165) is 0 Å². The molecule has 11 heteroatoms. The second kappa shape index (κ2) is 7.18. The van der Waals surface area contributed by atoms with Crippen molar-refractivity contribution >= 4 is 0 Å². The smallest absolute Gasteiger partial charge is 0.188 e. The zero-order valence-electron chi connectivity index (χ0n) is 14.3. The summed E-state index contributed by atoms with van der Waals surface area (Å²) >= 11 is 0. The van der Waals surface area contributed by atoms with Crippen LogP contribution in [0.5, 0.6) is 0 Å². The minimum atomic E-state index is -1.17. The van der Waals surface area contributed by atoms with Crippen LogP contribution >= 0.6 is 0 Å². The van der Waals surface area contributed by atoms with Gasteiger partial charge in [0, 0.05) is 0 Å². The van der Waals surface area contributed by atoms with Crippen LogP contribution in [0.2, 0.25) is 0 Å². The molecule has 26 heavy (non-hydrogen) atoms. The highest BCUT2D eigenvalue weighted by atomic mass is 16.8. The van der Waals surface area contributed by atoms with Crippen LogP contribution in [0.3, 0.4) is 0 Å². The lowest BCUT2D eigenvalue weighted by Gasteiger charge is -2.49. The Morgan fingerprint density at radius 2 is 1.88 bits per heavy atom. The Kier molecular flexibility index (Phi) is 5.22. The van der Waals surface area contributed by atoms with E-state index in [2.05, 4.69) is 10.6 Å². The van der Waals surface area contributed by atoms with E-state index in [1.165, 1.54) is 0 Å². The van der Waals surface area contributed by atoms with Crippen LogP contribution in [0.25, 0.3) is 0 Å². The number of likely N-dealkylation sites (N-methyl/N-ethyl adjacent to an activating group) is 1. The summed E-state index contributed by atoms with van der Waals surface area (Å²) in [5.74, 6) is 0. The first-order chi connectivity index (χ1) is 12.4. The first-order valence-corrected chi connectivity index (χ1v) is 8.90. The summed E-state index contributed by atoms with van der Waals surface area (Å²) in [6, 6.07) is -1.61. The summed E-state index contributed by atoms with van der Waals surface area (Å²) in [6.07, 6.45) is -6.58. The third-order valence-electron chi connectivity index (χ3n) is 5.64. The van der Waals surface area contributed by atoms with Crippen LogP contribution in [-0.4, -0.2) is 108 Å². The second-order valence-corrected chi connectivity index (χ2v) is 7.31. The van der Waals surface area contributed by atoms with Gasteiger partial charge in [-0.2, -0.15) is 0 Å². The van der Waals surface area contributed by atoms with Gasteiger partial charge in [-0.1, -0.05) is 0 Å². The lowest BCUT2D eigenvalue weighted by atomic mass is 9.90. The SMILES string of the molecule is CNC1C(O[C@H]2OC(CO)[C@H]3NC3C2O)O[C@H]2CC(N)[C@@H](O)OC2C1O. The Balaban J connectivity index is 1.47. The monoisotopic (exact) mass is 377 g/mol. The van der Waals surface area contributed by atoms with Crippen LogP contribution in [0.4, 0.5) is 0 Å². The summed E-state index contributed by atoms with van der Waals surface area (Å²) < 4.78 is 22.8. The Morgan fingerprint density at radius 3 is 2.58 bits per heavy atom. The van der Waals surface area contributed by atoms with Gasteiger partial charge in [0.15, 0.2) is 18.9 Å². The summed E-state index contributed by atoms with van der Waals surface area (Å²) in [5.41, 5.74) is 5.82. The minimum absolute atomic E-state index is 0.0941. The van der Waals surface area contributed by atoms with Crippen LogP contribution in [0.15, 0.2) is 0 Å². The van der Waals surface area contributed by atoms with Crippen molar-refractivity contribution in [3.05, 3.63) is 0 Å². The molecule has 0 aromatic rings. The molecule has 0 saturated carbocycles. The average Bonchev–Trinajstić information content (AvgIpc) is 3.41. The molecule has 8 N–H and O–H groups in total. The van der Waals surface area contributed by atoms with E-state index in [1.807, 2.05) is 0 Å². The lowest BCUT2D eigenvalue weighted by Crippen LogP contribution is -2.68. The molecule has 4 aliphatic heterocycles. The van der Waals surface area contributed by atoms with Gasteiger partial charge < -0.3 is 55.7 Å². The maximum atomic E-state index is 10.6. The van der Waals surface area contributed by atoms with Crippen LogP contribution in [0, 0.1) is 0 Å². The molecule has 0 aromatic heterocycles.